The average molecular weight is 351 g/mol. The average Bonchev–Trinajstić information content (AvgIpc) is 2.64. The zero-order chi connectivity index (χ0) is 18.8. The lowest BCUT2D eigenvalue weighted by Crippen LogP contribution is -2.13. The molecule has 0 nitrogen and oxygen atoms in total. The highest BCUT2D eigenvalue weighted by atomic mass is 19.2. The molecule has 0 bridgehead atoms. The van der Waals surface area contributed by atoms with Crippen molar-refractivity contribution in [1.82, 2.24) is 0 Å². The molecule has 0 aliphatic heterocycles. The van der Waals surface area contributed by atoms with Crippen LogP contribution in [0, 0.1) is 29.2 Å². The van der Waals surface area contributed by atoms with Crippen LogP contribution in [0.1, 0.15) is 58.3 Å². The first-order valence-corrected chi connectivity index (χ1v) is 8.86. The van der Waals surface area contributed by atoms with E-state index in [0.29, 0.717) is 6.07 Å². The van der Waals surface area contributed by atoms with Gasteiger partial charge in [0, 0.05) is 5.56 Å². The molecule has 0 N–H and O–H groups in total. The van der Waals surface area contributed by atoms with E-state index < -0.39 is 29.3 Å². The van der Waals surface area contributed by atoms with Crippen LogP contribution in [0.4, 0.5) is 17.6 Å². The Hall–Kier alpha value is -1.84. The van der Waals surface area contributed by atoms with E-state index in [1.165, 1.54) is 25.0 Å². The molecule has 0 saturated heterocycles. The molecule has 0 unspecified atom stereocenters. The molecular formula is C21H22F4. The topological polar surface area (TPSA) is 0 Å². The molecule has 0 amide bonds. The Kier molecular flexibility index (Phi) is 5.04. The van der Waals surface area contributed by atoms with Crippen molar-refractivity contribution in [2.75, 3.05) is 0 Å². The minimum atomic E-state index is -1.71. The number of hydrogen-bond acceptors (Lipinski definition) is 0. The maximum atomic E-state index is 14.6. The number of benzene rings is 2. The molecule has 0 atom stereocenters. The highest BCUT2D eigenvalue weighted by molar-refractivity contribution is 5.65. The van der Waals surface area contributed by atoms with Crippen molar-refractivity contribution in [2.24, 2.45) is 5.92 Å². The molecule has 1 aliphatic rings. The Morgan fingerprint density at radius 2 is 1.68 bits per heavy atom. The fourth-order valence-corrected chi connectivity index (χ4v) is 3.85. The van der Waals surface area contributed by atoms with Crippen LogP contribution in [0.5, 0.6) is 0 Å². The fourth-order valence-electron chi connectivity index (χ4n) is 3.85. The molecular weight excluding hydrogens is 328 g/mol. The second kappa shape index (κ2) is 7.59. The van der Waals surface area contributed by atoms with Gasteiger partial charge in [-0.05, 0) is 66.8 Å². The van der Waals surface area contributed by atoms with E-state index in [9.17, 15) is 17.6 Å². The van der Waals surface area contributed by atoms with Crippen molar-refractivity contribution < 1.29 is 18.9 Å². The summed E-state index contributed by atoms with van der Waals surface area (Å²) in [4.78, 5) is 0. The van der Waals surface area contributed by atoms with E-state index in [2.05, 4.69) is 6.92 Å². The minimum absolute atomic E-state index is 0.0868. The summed E-state index contributed by atoms with van der Waals surface area (Å²) in [5, 5.41) is 0. The van der Waals surface area contributed by atoms with Crippen molar-refractivity contribution >= 4 is 0 Å². The number of rotatable bonds is 4. The normalized spacial score (nSPS) is 21.2. The summed E-state index contributed by atoms with van der Waals surface area (Å²) in [7, 11) is 0. The van der Waals surface area contributed by atoms with Crippen LogP contribution in [0.3, 0.4) is 0 Å². The van der Waals surface area contributed by atoms with Crippen LogP contribution in [0.15, 0.2) is 30.3 Å². The van der Waals surface area contributed by atoms with Crippen LogP contribution >= 0.6 is 0 Å². The lowest BCUT2D eigenvalue weighted by Gasteiger charge is -2.28. The first-order chi connectivity index (χ1) is 12.4. The molecule has 25 heavy (non-hydrogen) atoms. The zero-order valence-corrected chi connectivity index (χ0v) is 14.2. The van der Waals surface area contributed by atoms with Gasteiger partial charge in [0.1, 0.15) is 5.82 Å². The maximum Gasteiger partial charge on any atom is 0.194 e. The first kappa shape index (κ1) is 16.6. The predicted molar refractivity (Wildman–Crippen MR) is 91.3 cm³/mol. The summed E-state index contributed by atoms with van der Waals surface area (Å²) in [5.41, 5.74) is 0.504. The SMILES string of the molecule is [2H]c1c(-c2ccc(C3CCC(CCC)CC3)cc2F)cc(F)c(F)c1F. The summed E-state index contributed by atoms with van der Waals surface area (Å²) in [6, 6.07) is 4.41. The van der Waals surface area contributed by atoms with E-state index in [0.717, 1.165) is 37.2 Å². The smallest absolute Gasteiger partial charge is 0.194 e. The molecule has 0 spiro atoms. The van der Waals surface area contributed by atoms with Gasteiger partial charge in [-0.3, -0.25) is 0 Å². The lowest BCUT2D eigenvalue weighted by molar-refractivity contribution is 0.308. The molecule has 0 radical (unpaired) electrons. The van der Waals surface area contributed by atoms with Crippen LogP contribution in [0.25, 0.3) is 11.1 Å². The number of hydrogen-bond donors (Lipinski definition) is 0. The van der Waals surface area contributed by atoms with Gasteiger partial charge in [-0.25, -0.2) is 17.6 Å². The molecule has 3 rings (SSSR count). The van der Waals surface area contributed by atoms with Gasteiger partial charge < -0.3 is 0 Å². The van der Waals surface area contributed by atoms with E-state index in [1.807, 2.05) is 0 Å². The monoisotopic (exact) mass is 351 g/mol. The third-order valence-corrected chi connectivity index (χ3v) is 5.22. The Morgan fingerprint density at radius 1 is 0.960 bits per heavy atom. The van der Waals surface area contributed by atoms with Gasteiger partial charge in [0.15, 0.2) is 17.5 Å². The second-order valence-corrected chi connectivity index (χ2v) is 6.90. The largest absolute Gasteiger partial charge is 0.206 e. The van der Waals surface area contributed by atoms with Crippen LogP contribution < -0.4 is 0 Å². The highest BCUT2D eigenvalue weighted by Crippen LogP contribution is 2.38. The van der Waals surface area contributed by atoms with Crippen molar-refractivity contribution in [2.45, 2.75) is 51.4 Å². The summed E-state index contributed by atoms with van der Waals surface area (Å²) >= 11 is 0. The molecule has 1 fully saturated rings. The molecule has 4 heteroatoms. The minimum Gasteiger partial charge on any atom is -0.206 e. The van der Waals surface area contributed by atoms with Gasteiger partial charge in [-0.2, -0.15) is 0 Å². The van der Waals surface area contributed by atoms with Gasteiger partial charge >= 0.3 is 0 Å². The van der Waals surface area contributed by atoms with Crippen molar-refractivity contribution in [3.63, 3.8) is 0 Å². The van der Waals surface area contributed by atoms with E-state index in [-0.39, 0.29) is 17.0 Å². The van der Waals surface area contributed by atoms with E-state index >= 15 is 0 Å². The van der Waals surface area contributed by atoms with Crippen LogP contribution in [0.2, 0.25) is 0 Å². The van der Waals surface area contributed by atoms with Gasteiger partial charge in [0.05, 0.1) is 1.37 Å². The molecule has 0 aromatic heterocycles. The molecule has 1 saturated carbocycles. The zero-order valence-electron chi connectivity index (χ0n) is 15.2. The van der Waals surface area contributed by atoms with Gasteiger partial charge in [0.25, 0.3) is 0 Å². The predicted octanol–water partition coefficient (Wildman–Crippen LogP) is 6.98. The first-order valence-electron chi connectivity index (χ1n) is 9.36. The summed E-state index contributed by atoms with van der Waals surface area (Å²) in [5.74, 6) is -4.35. The molecule has 2 aromatic rings. The third kappa shape index (κ3) is 3.88. The van der Waals surface area contributed by atoms with Crippen molar-refractivity contribution in [3.05, 3.63) is 59.1 Å². The van der Waals surface area contributed by atoms with Crippen molar-refractivity contribution in [1.29, 1.82) is 0 Å². The van der Waals surface area contributed by atoms with Gasteiger partial charge in [-0.15, -0.1) is 0 Å². The Bertz CT molecular complexity index is 795. The molecule has 0 heterocycles. The van der Waals surface area contributed by atoms with Gasteiger partial charge in [-0.1, -0.05) is 31.9 Å². The highest BCUT2D eigenvalue weighted by Gasteiger charge is 2.23. The second-order valence-electron chi connectivity index (χ2n) is 6.90. The van der Waals surface area contributed by atoms with Crippen LogP contribution in [-0.2, 0) is 0 Å². The van der Waals surface area contributed by atoms with Gasteiger partial charge in [0.2, 0.25) is 0 Å². The summed E-state index contributed by atoms with van der Waals surface area (Å²) in [6.45, 7) is 2.18. The summed E-state index contributed by atoms with van der Waals surface area (Å²) in [6.07, 6.45) is 6.69. The number of halogens is 4. The Labute approximate surface area is 147 Å². The third-order valence-electron chi connectivity index (χ3n) is 5.22. The fraction of sp³-hybridized carbons (Fsp3) is 0.429. The molecule has 1 aliphatic carbocycles. The van der Waals surface area contributed by atoms with Crippen LogP contribution in [-0.4, -0.2) is 0 Å². The lowest BCUT2D eigenvalue weighted by atomic mass is 9.77. The Morgan fingerprint density at radius 3 is 2.32 bits per heavy atom. The Balaban J connectivity index is 1.85. The molecule has 134 valence electrons. The van der Waals surface area contributed by atoms with E-state index in [1.54, 1.807) is 6.07 Å². The maximum absolute atomic E-state index is 14.6. The van der Waals surface area contributed by atoms with E-state index in [4.69, 9.17) is 1.37 Å². The van der Waals surface area contributed by atoms with Crippen molar-refractivity contribution in [3.8, 4) is 11.1 Å². The molecule has 2 aromatic carbocycles. The quantitative estimate of drug-likeness (QED) is 0.411. The summed E-state index contributed by atoms with van der Waals surface area (Å²) < 4.78 is 62.6. The standard InChI is InChI=1S/C21H22F4/c1-2-3-13-4-6-14(7-5-13)15-8-9-17(18(22)10-15)16-11-19(23)21(25)20(24)12-16/h8-14H,2-7H2,1H3/i11D.